The Hall–Kier alpha value is -4.81. The number of nitrogens with zero attached hydrogens (tertiary/aromatic N) is 4. The highest BCUT2D eigenvalue weighted by molar-refractivity contribution is 5.93. The number of aliphatic carboxylic acids is 1. The normalized spacial score (nSPS) is 18.9. The van der Waals surface area contributed by atoms with Crippen molar-refractivity contribution in [2.45, 2.75) is 12.3 Å². The van der Waals surface area contributed by atoms with Crippen LogP contribution >= 0.6 is 0 Å². The lowest BCUT2D eigenvalue weighted by molar-refractivity contribution is -0.142. The first kappa shape index (κ1) is 28.3. The highest BCUT2D eigenvalue weighted by atomic mass is 16.5. The Morgan fingerprint density at radius 1 is 1.00 bits per heavy atom. The van der Waals surface area contributed by atoms with Crippen LogP contribution in [0.2, 0.25) is 0 Å². The number of nitrogens with one attached hydrogen (secondary N) is 2. The molecule has 12 heteroatoms. The van der Waals surface area contributed by atoms with Gasteiger partial charge in [-0.3, -0.25) is 24.3 Å². The molecule has 4 heterocycles. The van der Waals surface area contributed by atoms with Gasteiger partial charge in [0.15, 0.2) is 5.58 Å². The predicted octanol–water partition coefficient (Wildman–Crippen LogP) is 3.11. The van der Waals surface area contributed by atoms with Crippen LogP contribution in [0.15, 0.2) is 71.4 Å². The van der Waals surface area contributed by atoms with Crippen LogP contribution in [-0.2, 0) is 25.5 Å². The van der Waals surface area contributed by atoms with Crippen molar-refractivity contribution < 1.29 is 28.6 Å². The minimum absolute atomic E-state index is 0.0657. The van der Waals surface area contributed by atoms with Crippen molar-refractivity contribution in [3.05, 3.63) is 78.1 Å². The lowest BCUT2D eigenvalue weighted by Crippen LogP contribution is -2.44. The van der Waals surface area contributed by atoms with Gasteiger partial charge >= 0.3 is 5.97 Å². The first-order chi connectivity index (χ1) is 20.9. The number of ether oxygens (including phenoxy) is 1. The summed E-state index contributed by atoms with van der Waals surface area (Å²) in [4.78, 5) is 50.0. The van der Waals surface area contributed by atoms with E-state index in [1.165, 1.54) is 0 Å². The minimum Gasteiger partial charge on any atom is -0.481 e. The molecule has 2 aromatic carbocycles. The van der Waals surface area contributed by atoms with E-state index < -0.39 is 11.9 Å². The number of hydrogen-bond acceptors (Lipinski definition) is 9. The van der Waals surface area contributed by atoms with E-state index in [9.17, 15) is 19.5 Å². The van der Waals surface area contributed by atoms with E-state index in [1.54, 1.807) is 47.6 Å². The molecule has 2 unspecified atom stereocenters. The van der Waals surface area contributed by atoms with Crippen molar-refractivity contribution >= 4 is 46.3 Å². The van der Waals surface area contributed by atoms with E-state index in [0.29, 0.717) is 55.6 Å². The molecule has 4 aromatic rings. The molecule has 0 spiro atoms. The fourth-order valence-corrected chi connectivity index (χ4v) is 5.54. The average Bonchev–Trinajstić information content (AvgIpc) is 3.63. The molecule has 6 rings (SSSR count). The summed E-state index contributed by atoms with van der Waals surface area (Å²) in [7, 11) is 0. The summed E-state index contributed by atoms with van der Waals surface area (Å²) in [6.07, 6.45) is 3.48. The minimum atomic E-state index is -0.923. The molecule has 2 amide bonds. The first-order valence-electron chi connectivity index (χ1n) is 14.2. The van der Waals surface area contributed by atoms with Gasteiger partial charge in [0, 0.05) is 44.0 Å². The molecule has 222 valence electrons. The van der Waals surface area contributed by atoms with Crippen LogP contribution in [-0.4, -0.2) is 88.6 Å². The molecule has 2 aliphatic rings. The largest absolute Gasteiger partial charge is 0.481 e. The Morgan fingerprint density at radius 3 is 2.56 bits per heavy atom. The standard InChI is InChI=1S/C31H32N6O6/c38-28(15-20-3-8-26-27(14-20)43-31(35-26)34-23-2-1-9-32-16-23)33-22-6-4-21(5-7-22)24-17-37(18-25(24)30(40)41)29(39)19-36-10-12-42-13-11-36/h1-9,14,16,24-25H,10-13,15,17-19H2,(H,33,38)(H,34,35)(H,40,41). The lowest BCUT2D eigenvalue weighted by Gasteiger charge is -2.28. The van der Waals surface area contributed by atoms with Crippen LogP contribution in [0.3, 0.4) is 0 Å². The monoisotopic (exact) mass is 584 g/mol. The third-order valence-corrected chi connectivity index (χ3v) is 7.81. The zero-order chi connectivity index (χ0) is 29.8. The van der Waals surface area contributed by atoms with Gasteiger partial charge in [0.2, 0.25) is 11.8 Å². The third kappa shape index (κ3) is 6.82. The third-order valence-electron chi connectivity index (χ3n) is 7.81. The maximum absolute atomic E-state index is 12.9. The number of carboxylic acid groups (broad SMARTS) is 1. The van der Waals surface area contributed by atoms with Crippen LogP contribution in [0.25, 0.3) is 11.1 Å². The van der Waals surface area contributed by atoms with Gasteiger partial charge in [-0.25, -0.2) is 0 Å². The maximum atomic E-state index is 12.9. The number of fused-ring (bicyclic) bond motifs is 1. The number of hydrogen-bond donors (Lipinski definition) is 3. The number of aromatic nitrogens is 2. The van der Waals surface area contributed by atoms with Gasteiger partial charge in [0.05, 0.1) is 44.0 Å². The van der Waals surface area contributed by atoms with E-state index in [4.69, 9.17) is 9.15 Å². The highest BCUT2D eigenvalue weighted by Gasteiger charge is 2.40. The number of benzene rings is 2. The quantitative estimate of drug-likeness (QED) is 0.268. The van der Waals surface area contributed by atoms with Gasteiger partial charge in [-0.15, -0.1) is 0 Å². The molecule has 2 saturated heterocycles. The van der Waals surface area contributed by atoms with Crippen molar-refractivity contribution in [2.75, 3.05) is 56.6 Å². The second kappa shape index (κ2) is 12.6. The van der Waals surface area contributed by atoms with E-state index in [0.717, 1.165) is 16.8 Å². The molecule has 2 atom stereocenters. The van der Waals surface area contributed by atoms with Gasteiger partial charge in [0.25, 0.3) is 6.01 Å². The molecule has 0 bridgehead atoms. The molecule has 2 aliphatic heterocycles. The second-order valence-corrected chi connectivity index (χ2v) is 10.8. The van der Waals surface area contributed by atoms with E-state index in [-0.39, 0.29) is 37.2 Å². The fraction of sp³-hybridized carbons (Fsp3) is 0.323. The first-order valence-corrected chi connectivity index (χ1v) is 14.2. The van der Waals surface area contributed by atoms with Crippen molar-refractivity contribution in [3.8, 4) is 0 Å². The Labute approximate surface area is 247 Å². The number of carboxylic acids is 1. The molecular formula is C31H32N6O6. The van der Waals surface area contributed by atoms with E-state index >= 15 is 0 Å². The van der Waals surface area contributed by atoms with Crippen LogP contribution in [0.1, 0.15) is 17.0 Å². The number of rotatable bonds is 9. The number of anilines is 3. The number of oxazole rings is 1. The fourth-order valence-electron chi connectivity index (χ4n) is 5.54. The topological polar surface area (TPSA) is 150 Å². The zero-order valence-corrected chi connectivity index (χ0v) is 23.4. The van der Waals surface area contributed by atoms with Gasteiger partial charge in [-0.1, -0.05) is 18.2 Å². The Bertz CT molecular complexity index is 1600. The number of carbonyl (C=O) groups excluding carboxylic acids is 2. The molecule has 12 nitrogen and oxygen atoms in total. The number of carbonyl (C=O) groups is 3. The summed E-state index contributed by atoms with van der Waals surface area (Å²) in [5, 5.41) is 15.8. The number of morpholine rings is 1. The maximum Gasteiger partial charge on any atom is 0.308 e. The van der Waals surface area contributed by atoms with Crippen LogP contribution in [0, 0.1) is 5.92 Å². The average molecular weight is 585 g/mol. The summed E-state index contributed by atoms with van der Waals surface area (Å²) >= 11 is 0. The second-order valence-electron chi connectivity index (χ2n) is 10.8. The Morgan fingerprint density at radius 2 is 1.81 bits per heavy atom. The Kier molecular flexibility index (Phi) is 8.29. The number of likely N-dealkylation sites (tertiary alicyclic amines) is 1. The molecule has 2 fully saturated rings. The van der Waals surface area contributed by atoms with Crippen LogP contribution in [0.4, 0.5) is 17.4 Å². The van der Waals surface area contributed by atoms with Gasteiger partial charge in [0.1, 0.15) is 5.52 Å². The smallest absolute Gasteiger partial charge is 0.308 e. The summed E-state index contributed by atoms with van der Waals surface area (Å²) in [5.74, 6) is -2.22. The zero-order valence-electron chi connectivity index (χ0n) is 23.4. The van der Waals surface area contributed by atoms with Crippen molar-refractivity contribution in [1.82, 2.24) is 19.8 Å². The number of amides is 2. The predicted molar refractivity (Wildman–Crippen MR) is 158 cm³/mol. The summed E-state index contributed by atoms with van der Waals surface area (Å²) in [6.45, 7) is 3.36. The SMILES string of the molecule is O=C(Cc1ccc2nc(Nc3cccnc3)oc2c1)Nc1ccc(C2CN(C(=O)CN3CCOCC3)CC2C(=O)O)cc1. The molecule has 0 radical (unpaired) electrons. The molecule has 2 aromatic heterocycles. The van der Waals surface area contributed by atoms with Crippen molar-refractivity contribution in [3.63, 3.8) is 0 Å². The summed E-state index contributed by atoms with van der Waals surface area (Å²) in [5.41, 5.74) is 4.16. The summed E-state index contributed by atoms with van der Waals surface area (Å²) < 4.78 is 11.2. The lowest BCUT2D eigenvalue weighted by atomic mass is 9.89. The van der Waals surface area contributed by atoms with Crippen molar-refractivity contribution in [1.29, 1.82) is 0 Å². The van der Waals surface area contributed by atoms with Gasteiger partial charge < -0.3 is 29.8 Å². The van der Waals surface area contributed by atoms with E-state index in [1.807, 2.05) is 29.2 Å². The molecular weight excluding hydrogens is 552 g/mol. The molecule has 43 heavy (non-hydrogen) atoms. The molecule has 3 N–H and O–H groups in total. The molecule has 0 saturated carbocycles. The van der Waals surface area contributed by atoms with Crippen LogP contribution in [0.5, 0.6) is 0 Å². The summed E-state index contributed by atoms with van der Waals surface area (Å²) in [6, 6.07) is 16.6. The van der Waals surface area contributed by atoms with Gasteiger partial charge in [-0.2, -0.15) is 4.98 Å². The van der Waals surface area contributed by atoms with Gasteiger partial charge in [-0.05, 0) is 47.5 Å². The van der Waals surface area contributed by atoms with Crippen molar-refractivity contribution in [2.24, 2.45) is 5.92 Å². The Balaban J connectivity index is 1.06. The number of pyridine rings is 1. The molecule has 0 aliphatic carbocycles. The highest BCUT2D eigenvalue weighted by Crippen LogP contribution is 2.34. The van der Waals surface area contributed by atoms with Crippen LogP contribution < -0.4 is 10.6 Å². The van der Waals surface area contributed by atoms with E-state index in [2.05, 4.69) is 20.6 Å².